The number of ether oxygens (including phenoxy) is 2. The van der Waals surface area contributed by atoms with Gasteiger partial charge in [0.2, 0.25) is 5.91 Å². The number of carbonyl (C=O) groups is 1. The second-order valence-electron chi connectivity index (χ2n) is 19.0. The zero-order chi connectivity index (χ0) is 45.4. The quantitative estimate of drug-likeness (QED) is 0.0173. The van der Waals surface area contributed by atoms with Crippen molar-refractivity contribution in [1.29, 1.82) is 0 Å². The number of phosphoric ester groups is 1. The Kier molecular flexibility index (Phi) is 33.6. The van der Waals surface area contributed by atoms with Crippen molar-refractivity contribution in [3.05, 3.63) is 12.2 Å². The molecule has 362 valence electrons. The minimum Gasteiger partial charge on any atom is -0.756 e. The number of rotatable bonds is 40. The summed E-state index contributed by atoms with van der Waals surface area (Å²) in [5.74, 6) is 0.540. The Morgan fingerprint density at radius 3 is 1.79 bits per heavy atom. The number of nitrogens with one attached hydrogen (secondary N) is 1. The van der Waals surface area contributed by atoms with Crippen molar-refractivity contribution in [2.24, 2.45) is 5.92 Å². The highest BCUT2D eigenvalue weighted by molar-refractivity contribution is 7.45. The van der Waals surface area contributed by atoms with Crippen molar-refractivity contribution in [3.63, 3.8) is 0 Å². The Labute approximate surface area is 371 Å². The zero-order valence-electron chi connectivity index (χ0n) is 39.5. The summed E-state index contributed by atoms with van der Waals surface area (Å²) in [6.45, 7) is 6.09. The average Bonchev–Trinajstić information content (AvgIpc) is 3.19. The molecule has 0 saturated carbocycles. The molecule has 61 heavy (non-hydrogen) atoms. The minimum atomic E-state index is -4.77. The first kappa shape index (κ1) is 58.1. The summed E-state index contributed by atoms with van der Waals surface area (Å²) in [5, 5.41) is 45.9. The lowest BCUT2D eigenvalue weighted by Gasteiger charge is -2.41. The van der Waals surface area contributed by atoms with Gasteiger partial charge in [0.15, 0.2) is 6.29 Å². The first-order valence-electron chi connectivity index (χ1n) is 24.4. The Morgan fingerprint density at radius 1 is 0.754 bits per heavy atom. The van der Waals surface area contributed by atoms with Crippen LogP contribution in [0.25, 0.3) is 0 Å². The van der Waals surface area contributed by atoms with E-state index in [1.54, 1.807) is 6.08 Å². The zero-order valence-corrected chi connectivity index (χ0v) is 40.4. The van der Waals surface area contributed by atoms with E-state index < -0.39 is 57.3 Å². The van der Waals surface area contributed by atoms with Crippen LogP contribution in [0.5, 0.6) is 0 Å². The van der Waals surface area contributed by atoms with Crippen LogP contribution in [0.2, 0.25) is 0 Å². The van der Waals surface area contributed by atoms with Gasteiger partial charge < -0.3 is 53.6 Å². The fourth-order valence-electron chi connectivity index (χ4n) is 7.43. The number of amides is 1. The van der Waals surface area contributed by atoms with E-state index in [4.69, 9.17) is 18.5 Å². The van der Waals surface area contributed by atoms with Crippen LogP contribution in [-0.4, -0.2) is 121 Å². The van der Waals surface area contributed by atoms with E-state index in [1.807, 2.05) is 27.2 Å². The first-order chi connectivity index (χ1) is 29.1. The van der Waals surface area contributed by atoms with Gasteiger partial charge in [0, 0.05) is 6.42 Å². The van der Waals surface area contributed by atoms with Gasteiger partial charge in [-0.05, 0) is 25.2 Å². The molecule has 1 unspecified atom stereocenters. The van der Waals surface area contributed by atoms with Crippen LogP contribution >= 0.6 is 7.82 Å². The van der Waals surface area contributed by atoms with Crippen LogP contribution in [0.1, 0.15) is 188 Å². The van der Waals surface area contributed by atoms with E-state index >= 15 is 0 Å². The molecule has 14 heteroatoms. The van der Waals surface area contributed by atoms with Crippen molar-refractivity contribution >= 4 is 13.7 Å². The molecule has 0 spiro atoms. The molecule has 0 aromatic heterocycles. The fraction of sp³-hybridized carbons (Fsp3) is 0.936. The summed E-state index contributed by atoms with van der Waals surface area (Å²) in [5.41, 5.74) is 0. The summed E-state index contributed by atoms with van der Waals surface area (Å²) in [6, 6.07) is -0.901. The fourth-order valence-corrected chi connectivity index (χ4v) is 8.13. The normalized spacial score (nSPS) is 21.9. The van der Waals surface area contributed by atoms with Crippen LogP contribution in [0, 0.1) is 5.92 Å². The molecule has 1 rings (SSSR count). The summed E-state index contributed by atoms with van der Waals surface area (Å²) >= 11 is 0. The third-order valence-electron chi connectivity index (χ3n) is 11.5. The number of nitrogens with zero attached hydrogens (tertiary/aromatic N) is 1. The third kappa shape index (κ3) is 31.5. The summed E-state index contributed by atoms with van der Waals surface area (Å²) in [6.07, 6.45) is 24.9. The number of unbranched alkanes of at least 4 members (excludes halogenated alkanes) is 22. The van der Waals surface area contributed by atoms with E-state index in [0.29, 0.717) is 17.4 Å². The molecule has 1 aliphatic rings. The van der Waals surface area contributed by atoms with Gasteiger partial charge in [0.25, 0.3) is 7.82 Å². The van der Waals surface area contributed by atoms with Crippen molar-refractivity contribution in [1.82, 2.24) is 5.32 Å². The van der Waals surface area contributed by atoms with E-state index in [9.17, 15) is 34.7 Å². The Bertz CT molecular complexity index is 1140. The van der Waals surface area contributed by atoms with Crippen LogP contribution in [-0.2, 0) is 27.9 Å². The molecule has 1 heterocycles. The number of hydrogen-bond donors (Lipinski definition) is 5. The highest BCUT2D eigenvalue weighted by atomic mass is 31.2. The maximum absolute atomic E-state index is 13.1. The molecule has 0 aromatic carbocycles. The van der Waals surface area contributed by atoms with E-state index in [-0.39, 0.29) is 19.1 Å². The number of hydrogen-bond acceptors (Lipinski definition) is 11. The van der Waals surface area contributed by atoms with E-state index in [1.165, 1.54) is 116 Å². The molecule has 1 fully saturated rings. The summed E-state index contributed by atoms with van der Waals surface area (Å²) in [7, 11) is 0.871. The molecule has 1 amide bonds. The molecule has 0 bridgehead atoms. The number of quaternary nitrogens is 1. The summed E-state index contributed by atoms with van der Waals surface area (Å²) in [4.78, 5) is 25.5. The maximum atomic E-state index is 13.1. The smallest absolute Gasteiger partial charge is 0.268 e. The highest BCUT2D eigenvalue weighted by Crippen LogP contribution is 2.39. The average molecular weight is 893 g/mol. The maximum Gasteiger partial charge on any atom is 0.268 e. The molecule has 0 radical (unpaired) electrons. The van der Waals surface area contributed by atoms with Crippen molar-refractivity contribution in [2.75, 3.05) is 47.5 Å². The van der Waals surface area contributed by atoms with Gasteiger partial charge in [-0.25, -0.2) is 0 Å². The second kappa shape index (κ2) is 35.3. The summed E-state index contributed by atoms with van der Waals surface area (Å²) < 4.78 is 34.2. The van der Waals surface area contributed by atoms with Crippen LogP contribution in [0.4, 0.5) is 0 Å². The van der Waals surface area contributed by atoms with Gasteiger partial charge in [-0.2, -0.15) is 0 Å². The standard InChI is InChI=1S/C47H93N2O11P/c1-7-8-9-10-11-12-13-14-15-16-17-22-25-28-31-34-43(51)48-40(41(50)33-30-27-24-21-19-18-20-23-26-29-32-39(2)3)37-57-47-46(54)45(53)44(52)42(60-47)38-59-61(55,56)58-36-35-49(4,5)6/h30,33,39-42,44-47,50,52-54H,7-29,31-32,34-38H2,1-6H3,(H-,48,51,55,56)/b33-30+/t40-,41+,42+,44-,45-,46+,47+/m0/s1. The van der Waals surface area contributed by atoms with Crippen LogP contribution in [0.15, 0.2) is 12.2 Å². The second-order valence-corrected chi connectivity index (χ2v) is 20.4. The molecular formula is C47H93N2O11P. The number of aliphatic hydroxyl groups is 4. The van der Waals surface area contributed by atoms with Gasteiger partial charge in [0.05, 0.1) is 46.5 Å². The predicted octanol–water partition coefficient (Wildman–Crippen LogP) is 8.24. The van der Waals surface area contributed by atoms with Gasteiger partial charge in [-0.15, -0.1) is 0 Å². The number of allylic oxidation sites excluding steroid dienone is 1. The Balaban J connectivity index is 2.65. The van der Waals surface area contributed by atoms with Crippen LogP contribution in [0.3, 0.4) is 0 Å². The third-order valence-corrected chi connectivity index (χ3v) is 12.5. The van der Waals surface area contributed by atoms with Crippen molar-refractivity contribution in [2.45, 2.75) is 231 Å². The van der Waals surface area contributed by atoms with Crippen molar-refractivity contribution in [3.8, 4) is 0 Å². The molecular weight excluding hydrogens is 799 g/mol. The lowest BCUT2D eigenvalue weighted by Crippen LogP contribution is -2.60. The van der Waals surface area contributed by atoms with Gasteiger partial charge in [-0.3, -0.25) is 9.36 Å². The lowest BCUT2D eigenvalue weighted by molar-refractivity contribution is -0.870. The number of phosphoric acid groups is 1. The SMILES string of the molecule is CCCCCCCCCCCCCCCCCC(=O)N[C@@H](CO[C@@H]1O[C@H](COP(=O)([O-])OCC[N+](C)(C)C)[C@H](O)[C@H](O)[C@H]1O)[C@H](O)/C=C/CCCCCCCCCCC(C)C. The minimum absolute atomic E-state index is 0.118. The topological polar surface area (TPSA) is 187 Å². The Hall–Kier alpha value is -0.960. The highest BCUT2D eigenvalue weighted by Gasteiger charge is 2.45. The van der Waals surface area contributed by atoms with Gasteiger partial charge in [0.1, 0.15) is 37.6 Å². The molecule has 0 aliphatic carbocycles. The number of likely N-dealkylation sites (N-methyl/N-ethyl adjacent to an activating group) is 1. The first-order valence-corrected chi connectivity index (χ1v) is 25.9. The monoisotopic (exact) mass is 893 g/mol. The van der Waals surface area contributed by atoms with E-state index in [0.717, 1.165) is 50.9 Å². The molecule has 13 nitrogen and oxygen atoms in total. The van der Waals surface area contributed by atoms with Crippen LogP contribution < -0.4 is 10.2 Å². The molecule has 5 N–H and O–H groups in total. The van der Waals surface area contributed by atoms with E-state index in [2.05, 4.69) is 26.1 Å². The van der Waals surface area contributed by atoms with Crippen molar-refractivity contribution < 1.29 is 57.7 Å². The molecule has 1 aliphatic heterocycles. The molecule has 0 aromatic rings. The van der Waals surface area contributed by atoms with Gasteiger partial charge >= 0.3 is 0 Å². The predicted molar refractivity (Wildman–Crippen MR) is 243 cm³/mol. The number of carbonyl (C=O) groups excluding carboxylic acids is 1. The molecule has 1 saturated heterocycles. The Morgan fingerprint density at radius 2 is 1.26 bits per heavy atom. The number of aliphatic hydroxyl groups excluding tert-OH is 4. The largest absolute Gasteiger partial charge is 0.756 e. The molecule has 8 atom stereocenters. The van der Waals surface area contributed by atoms with Gasteiger partial charge in [-0.1, -0.05) is 174 Å². The lowest BCUT2D eigenvalue weighted by atomic mass is 9.99.